The summed E-state index contributed by atoms with van der Waals surface area (Å²) in [5, 5.41) is 8.71. The molecular formula is C17H25F3N2O5. The Hall–Kier alpha value is -1.39. The van der Waals surface area contributed by atoms with Crippen LogP contribution in [0.1, 0.15) is 19.3 Å². The van der Waals surface area contributed by atoms with E-state index in [1.165, 1.54) is 19.4 Å². The van der Waals surface area contributed by atoms with Gasteiger partial charge in [-0.3, -0.25) is 9.63 Å². The van der Waals surface area contributed by atoms with E-state index in [0.29, 0.717) is 25.0 Å². The van der Waals surface area contributed by atoms with Crippen molar-refractivity contribution in [3.05, 3.63) is 0 Å². The number of rotatable bonds is 3. The van der Waals surface area contributed by atoms with Gasteiger partial charge in [0, 0.05) is 19.6 Å². The first-order valence-electron chi connectivity index (χ1n) is 9.30. The summed E-state index contributed by atoms with van der Waals surface area (Å²) in [6.07, 6.45) is -1.33. The molecule has 3 heterocycles. The Morgan fingerprint density at radius 2 is 1.85 bits per heavy atom. The number of halogens is 3. The molecular weight excluding hydrogens is 369 g/mol. The summed E-state index contributed by atoms with van der Waals surface area (Å²) in [5.41, 5.74) is 0. The van der Waals surface area contributed by atoms with Crippen molar-refractivity contribution in [2.45, 2.75) is 25.4 Å². The predicted octanol–water partition coefficient (Wildman–Crippen LogP) is 1.39. The predicted molar refractivity (Wildman–Crippen MR) is 86.4 cm³/mol. The number of nitrogens with zero attached hydrogens (tertiary/aromatic N) is 2. The molecule has 0 spiro atoms. The third-order valence-electron chi connectivity index (χ3n) is 5.48. The topological polar surface area (TPSA) is 79.3 Å². The Kier molecular flexibility index (Phi) is 6.27. The summed E-state index contributed by atoms with van der Waals surface area (Å²) >= 11 is 0. The number of hydrogen-bond acceptors (Lipinski definition) is 5. The molecule has 0 aromatic carbocycles. The van der Waals surface area contributed by atoms with E-state index in [0.717, 1.165) is 38.6 Å². The molecule has 0 aromatic rings. The average Bonchev–Trinajstić information content (AvgIpc) is 3.10. The zero-order valence-corrected chi connectivity index (χ0v) is 15.0. The van der Waals surface area contributed by atoms with E-state index in [1.54, 1.807) is 5.06 Å². The fraction of sp³-hybridized carbons (Fsp3) is 0.882. The number of fused-ring (bicyclic) bond motifs is 1. The minimum Gasteiger partial charge on any atom is -0.475 e. The van der Waals surface area contributed by atoms with E-state index in [4.69, 9.17) is 19.5 Å². The van der Waals surface area contributed by atoms with E-state index in [-0.39, 0.29) is 11.8 Å². The van der Waals surface area contributed by atoms with Crippen LogP contribution in [0.25, 0.3) is 0 Å². The Bertz CT molecular complexity index is 549. The van der Waals surface area contributed by atoms with Gasteiger partial charge in [0.15, 0.2) is 0 Å². The number of alkyl halides is 3. The molecule has 1 amide bonds. The van der Waals surface area contributed by atoms with Gasteiger partial charge in [-0.15, -0.1) is 0 Å². The van der Waals surface area contributed by atoms with Crippen molar-refractivity contribution >= 4 is 11.9 Å². The number of ether oxygens (including phenoxy) is 1. The van der Waals surface area contributed by atoms with Crippen LogP contribution < -0.4 is 0 Å². The molecule has 3 atom stereocenters. The normalized spacial score (nSPS) is 31.2. The lowest BCUT2D eigenvalue weighted by Crippen LogP contribution is -2.45. The molecule has 0 bridgehead atoms. The number of carbonyl (C=O) groups excluding carboxylic acids is 1. The standard InChI is InChI=1S/C15H24N2O3.C2HF3O2/c18-15(17-4-1-5-20-17)14-10-19-9-12-7-16(8-13(12)14)6-11-2-3-11;3-2(4,5)1(6)7/h11-14H,1-10H2;(H,6,7)/t12-,13-,14+;/m1./s1. The first kappa shape index (κ1) is 20.3. The number of amides is 1. The zero-order valence-electron chi connectivity index (χ0n) is 15.0. The fourth-order valence-corrected chi connectivity index (χ4v) is 3.97. The molecule has 1 saturated carbocycles. The number of carbonyl (C=O) groups is 2. The maximum Gasteiger partial charge on any atom is 0.490 e. The van der Waals surface area contributed by atoms with E-state index in [9.17, 15) is 18.0 Å². The molecule has 0 radical (unpaired) electrons. The smallest absolute Gasteiger partial charge is 0.475 e. The molecule has 3 saturated heterocycles. The van der Waals surface area contributed by atoms with Crippen molar-refractivity contribution < 1.29 is 37.4 Å². The maximum absolute atomic E-state index is 12.6. The van der Waals surface area contributed by atoms with Crippen molar-refractivity contribution in [1.29, 1.82) is 0 Å². The number of hydrogen-bond donors (Lipinski definition) is 1. The second kappa shape index (κ2) is 8.32. The summed E-state index contributed by atoms with van der Waals surface area (Å²) in [4.78, 5) is 29.5. The number of carboxylic acid groups (broad SMARTS) is 1. The van der Waals surface area contributed by atoms with Gasteiger partial charge in [0.05, 0.1) is 32.3 Å². The van der Waals surface area contributed by atoms with Crippen molar-refractivity contribution in [2.24, 2.45) is 23.7 Å². The highest BCUT2D eigenvalue weighted by Crippen LogP contribution is 2.38. The summed E-state index contributed by atoms with van der Waals surface area (Å²) in [7, 11) is 0. The van der Waals surface area contributed by atoms with Crippen LogP contribution in [-0.4, -0.2) is 79.1 Å². The third kappa shape index (κ3) is 5.32. The van der Waals surface area contributed by atoms with Crippen molar-refractivity contribution in [3.8, 4) is 0 Å². The molecule has 3 aliphatic heterocycles. The number of aliphatic carboxylic acids is 1. The SMILES string of the molecule is O=C(O)C(F)(F)F.O=C([C@H]1COC[C@H]2CN(CC3CC3)C[C@H]21)N1CCCO1. The van der Waals surface area contributed by atoms with Gasteiger partial charge in [0.1, 0.15) is 0 Å². The molecule has 4 rings (SSSR count). The van der Waals surface area contributed by atoms with E-state index in [1.807, 2.05) is 0 Å². The summed E-state index contributed by atoms with van der Waals surface area (Å²) in [5.74, 6) is -0.653. The van der Waals surface area contributed by atoms with E-state index < -0.39 is 12.1 Å². The zero-order chi connectivity index (χ0) is 19.6. The van der Waals surface area contributed by atoms with Crippen molar-refractivity contribution in [2.75, 3.05) is 46.0 Å². The average molecular weight is 394 g/mol. The van der Waals surface area contributed by atoms with Gasteiger partial charge in [-0.1, -0.05) is 0 Å². The molecule has 7 nitrogen and oxygen atoms in total. The highest BCUT2D eigenvalue weighted by atomic mass is 19.4. The summed E-state index contributed by atoms with van der Waals surface area (Å²) in [6, 6.07) is 0. The molecule has 4 aliphatic rings. The molecule has 27 heavy (non-hydrogen) atoms. The largest absolute Gasteiger partial charge is 0.490 e. The van der Waals surface area contributed by atoms with Gasteiger partial charge in [-0.25, -0.2) is 9.86 Å². The fourth-order valence-electron chi connectivity index (χ4n) is 3.97. The third-order valence-corrected chi connectivity index (χ3v) is 5.48. The Morgan fingerprint density at radius 1 is 1.15 bits per heavy atom. The summed E-state index contributed by atoms with van der Waals surface area (Å²) < 4.78 is 37.5. The quantitative estimate of drug-likeness (QED) is 0.779. The van der Waals surface area contributed by atoms with Crippen LogP contribution in [-0.2, 0) is 19.2 Å². The Labute approximate surface area is 155 Å². The van der Waals surface area contributed by atoms with Gasteiger partial charge >= 0.3 is 12.1 Å². The van der Waals surface area contributed by atoms with Crippen LogP contribution in [0.2, 0.25) is 0 Å². The minimum atomic E-state index is -5.08. The van der Waals surface area contributed by atoms with Crippen LogP contribution in [0, 0.1) is 23.7 Å². The van der Waals surface area contributed by atoms with Gasteiger partial charge in [-0.05, 0) is 37.0 Å². The molecule has 0 aromatic heterocycles. The van der Waals surface area contributed by atoms with Crippen molar-refractivity contribution in [1.82, 2.24) is 9.96 Å². The van der Waals surface area contributed by atoms with E-state index >= 15 is 0 Å². The first-order valence-corrected chi connectivity index (χ1v) is 9.30. The summed E-state index contributed by atoms with van der Waals surface area (Å²) in [6.45, 7) is 6.27. The van der Waals surface area contributed by atoms with Gasteiger partial charge in [-0.2, -0.15) is 13.2 Å². The van der Waals surface area contributed by atoms with Gasteiger partial charge in [0.25, 0.3) is 5.91 Å². The monoisotopic (exact) mass is 394 g/mol. The number of likely N-dealkylation sites (tertiary alicyclic amines) is 1. The number of hydroxylamine groups is 2. The second-order valence-electron chi connectivity index (χ2n) is 7.66. The molecule has 1 N–H and O–H groups in total. The first-order chi connectivity index (χ1) is 12.8. The molecule has 154 valence electrons. The van der Waals surface area contributed by atoms with Crippen LogP contribution in [0.5, 0.6) is 0 Å². The van der Waals surface area contributed by atoms with Gasteiger partial charge in [0.2, 0.25) is 0 Å². The number of carboxylic acids is 1. The lowest BCUT2D eigenvalue weighted by molar-refractivity contribution is -0.192. The van der Waals surface area contributed by atoms with Crippen molar-refractivity contribution in [3.63, 3.8) is 0 Å². The van der Waals surface area contributed by atoms with Crippen LogP contribution in [0.3, 0.4) is 0 Å². The van der Waals surface area contributed by atoms with Crippen LogP contribution in [0.15, 0.2) is 0 Å². The van der Waals surface area contributed by atoms with Gasteiger partial charge < -0.3 is 14.7 Å². The second-order valence-corrected chi connectivity index (χ2v) is 7.66. The van der Waals surface area contributed by atoms with Crippen LogP contribution in [0.4, 0.5) is 13.2 Å². The van der Waals surface area contributed by atoms with Crippen LogP contribution >= 0.6 is 0 Å². The minimum absolute atomic E-state index is 0.0102. The molecule has 0 unspecified atom stereocenters. The van der Waals surface area contributed by atoms with E-state index in [2.05, 4.69) is 4.90 Å². The lowest BCUT2D eigenvalue weighted by atomic mass is 9.82. The lowest BCUT2D eigenvalue weighted by Gasteiger charge is -2.33. The molecule has 4 fully saturated rings. The maximum atomic E-state index is 12.6. The Morgan fingerprint density at radius 3 is 2.41 bits per heavy atom. The molecule has 1 aliphatic carbocycles. The highest BCUT2D eigenvalue weighted by Gasteiger charge is 2.46. The molecule has 10 heteroatoms. The Balaban J connectivity index is 0.000000260. The highest BCUT2D eigenvalue weighted by molar-refractivity contribution is 5.78.